The Morgan fingerprint density at radius 2 is 1.54 bits per heavy atom. The number of allylic oxidation sites excluding steroid dienone is 3. The van der Waals surface area contributed by atoms with E-state index in [0.717, 1.165) is 0 Å². The Balaban J connectivity index is -0.000000147. The molecule has 0 spiro atoms. The minimum Gasteiger partial charge on any atom is -0.664 e. The fraction of sp³-hybridized carbons (Fsp3) is 0.0833. The summed E-state index contributed by atoms with van der Waals surface area (Å²) < 4.78 is 0. The second-order valence-electron chi connectivity index (χ2n) is 5.09. The van der Waals surface area contributed by atoms with E-state index in [4.69, 9.17) is 5.73 Å². The van der Waals surface area contributed by atoms with E-state index in [1.165, 1.54) is 16.3 Å². The van der Waals surface area contributed by atoms with E-state index in [1.54, 1.807) is 24.3 Å². The molecule has 0 atom stereocenters. The van der Waals surface area contributed by atoms with Crippen molar-refractivity contribution in [1.29, 1.82) is 0 Å². The summed E-state index contributed by atoms with van der Waals surface area (Å²) in [6.45, 7) is 7.58. The maximum Gasteiger partial charge on any atom is 4.00 e. The topological polar surface area (TPSA) is 40.9 Å². The molecule has 0 aliphatic carbocycles. The average molecular weight is 423 g/mol. The molecule has 0 aromatic heterocycles. The van der Waals surface area contributed by atoms with Crippen molar-refractivity contribution in [1.82, 2.24) is 0 Å². The first-order valence-corrected chi connectivity index (χ1v) is 7.75. The zero-order valence-electron chi connectivity index (χ0n) is 17.2. The van der Waals surface area contributed by atoms with Crippen molar-refractivity contribution >= 4 is 27.6 Å². The van der Waals surface area contributed by atoms with Crippen LogP contribution in [0.3, 0.4) is 0 Å². The zero-order chi connectivity index (χ0) is 17.8. The Hall–Kier alpha value is -2.07. The number of carbonyl (C=O) groups excluding carboxylic acids is 1. The minimum absolute atomic E-state index is 0. The third-order valence-corrected chi connectivity index (χ3v) is 3.36. The minimum atomic E-state index is -0.629. The van der Waals surface area contributed by atoms with Crippen LogP contribution in [0.5, 0.6) is 0 Å². The van der Waals surface area contributed by atoms with Gasteiger partial charge in [0.2, 0.25) is 0 Å². The molecule has 1 amide bonds. The van der Waals surface area contributed by atoms with Gasteiger partial charge in [-0.05, 0) is 19.4 Å². The van der Waals surface area contributed by atoms with Crippen LogP contribution in [0.2, 0.25) is 0 Å². The molecule has 0 aliphatic rings. The van der Waals surface area contributed by atoms with Gasteiger partial charge in [0, 0.05) is 11.0 Å². The van der Waals surface area contributed by atoms with Crippen LogP contribution < -0.4 is 0 Å². The number of rotatable bonds is 2. The van der Waals surface area contributed by atoms with Crippen molar-refractivity contribution in [2.24, 2.45) is 0 Å². The normalized spacial score (nSPS) is 8.57. The molecule has 144 valence electrons. The molecule has 3 aromatic rings. The Morgan fingerprint density at radius 1 is 1.00 bits per heavy atom. The van der Waals surface area contributed by atoms with Gasteiger partial charge in [-0.2, -0.15) is 17.5 Å². The number of hydrogen-bond acceptors (Lipinski definition) is 1. The van der Waals surface area contributed by atoms with Gasteiger partial charge in [0.05, 0.1) is 5.91 Å². The number of benzene rings is 2. The van der Waals surface area contributed by atoms with Gasteiger partial charge in [0.25, 0.3) is 0 Å². The molecule has 2 nitrogen and oxygen atoms in total. The molecule has 0 unspecified atom stereocenters. The molecule has 28 heavy (non-hydrogen) atoms. The van der Waals surface area contributed by atoms with Crippen molar-refractivity contribution in [3.8, 4) is 0 Å². The van der Waals surface area contributed by atoms with Crippen LogP contribution in [0, 0.1) is 14.9 Å². The van der Waals surface area contributed by atoms with Crippen molar-refractivity contribution in [2.45, 2.75) is 13.8 Å². The zero-order valence-corrected chi connectivity index (χ0v) is 19.8. The van der Waals surface area contributed by atoms with Gasteiger partial charge in [-0.25, -0.2) is 0 Å². The fourth-order valence-electron chi connectivity index (χ4n) is 1.78. The first-order valence-electron chi connectivity index (χ1n) is 7.75. The van der Waals surface area contributed by atoms with Crippen molar-refractivity contribution in [3.63, 3.8) is 0 Å². The molecule has 0 aliphatic heterocycles. The Kier molecular flexibility index (Phi) is 23.6. The third-order valence-electron chi connectivity index (χ3n) is 3.36. The summed E-state index contributed by atoms with van der Waals surface area (Å²) in [5.41, 5.74) is 8.35. The van der Waals surface area contributed by atoms with Crippen LogP contribution in [0.4, 0.5) is 0 Å². The van der Waals surface area contributed by atoms with Gasteiger partial charge in [-0.3, -0.25) is 0 Å². The Bertz CT molecular complexity index is 764. The molecule has 0 fully saturated rings. The van der Waals surface area contributed by atoms with Gasteiger partial charge < -0.3 is 25.4 Å². The van der Waals surface area contributed by atoms with Crippen LogP contribution in [0.25, 0.3) is 16.5 Å². The summed E-state index contributed by atoms with van der Waals surface area (Å²) in [4.78, 5) is 10.3. The fourth-order valence-corrected chi connectivity index (χ4v) is 1.78. The van der Waals surface area contributed by atoms with Crippen LogP contribution in [0.1, 0.15) is 24.2 Å². The van der Waals surface area contributed by atoms with E-state index in [2.05, 4.69) is 49.0 Å². The molecule has 4 heteroatoms. The average Bonchev–Trinajstić information content (AvgIpc) is 3.11. The summed E-state index contributed by atoms with van der Waals surface area (Å²) in [7, 11) is 0. The van der Waals surface area contributed by atoms with Crippen LogP contribution in [-0.2, 0) is 21.7 Å². The molecule has 0 heterocycles. The standard InChI is InChI=1S/C9H7.C7H7NO.C6H10.2CH3.Si.Ti/c1-2-5-9-7-3-6-8(9)4-1;8-7(9)6-4-2-1-3-5-6;1-4-6(3)5-2;;;;/h1-7H;1-5H,(H2,8,9);4-5H,1H2,2-3H3;2*1H3;;/q-1;;;2*-1;;+4/p-1. The van der Waals surface area contributed by atoms with Gasteiger partial charge in [0.15, 0.2) is 0 Å². The maximum absolute atomic E-state index is 10.3. The quantitative estimate of drug-likeness (QED) is 0.246. The van der Waals surface area contributed by atoms with Gasteiger partial charge in [-0.15, -0.1) is 29.7 Å². The molecule has 1 N–H and O–H groups in total. The van der Waals surface area contributed by atoms with E-state index < -0.39 is 5.91 Å². The van der Waals surface area contributed by atoms with E-state index in [0.29, 0.717) is 5.56 Å². The van der Waals surface area contributed by atoms with Gasteiger partial charge in [0.1, 0.15) is 0 Å². The largest absolute Gasteiger partial charge is 4.00 e. The molecule has 0 bridgehead atoms. The second-order valence-corrected chi connectivity index (χ2v) is 5.09. The first-order chi connectivity index (χ1) is 11.6. The SMILES string of the molecule is C=CC(C)=CC.[CH3-].[CH3-].[NH-]C(=O)c1ccccc1.[Si].[Ti+4].c1ccc2[cH-]ccc2c1. The molecule has 0 saturated heterocycles. The van der Waals surface area contributed by atoms with Crippen molar-refractivity contribution < 1.29 is 26.5 Å². The summed E-state index contributed by atoms with van der Waals surface area (Å²) in [6.07, 6.45) is 3.85. The van der Waals surface area contributed by atoms with Crippen LogP contribution in [-0.4, -0.2) is 16.9 Å². The number of carbonyl (C=O) groups is 1. The molecular weight excluding hydrogens is 394 g/mol. The van der Waals surface area contributed by atoms with E-state index in [1.807, 2.05) is 32.1 Å². The molecule has 4 radical (unpaired) electrons. The van der Waals surface area contributed by atoms with Crippen molar-refractivity contribution in [2.75, 3.05) is 0 Å². The van der Waals surface area contributed by atoms with Crippen LogP contribution >= 0.6 is 0 Å². The summed E-state index contributed by atoms with van der Waals surface area (Å²) in [6, 6.07) is 23.2. The number of nitrogens with one attached hydrogen (secondary N) is 1. The van der Waals surface area contributed by atoms with Crippen LogP contribution in [0.15, 0.2) is 97.1 Å². The van der Waals surface area contributed by atoms with E-state index in [-0.39, 0.29) is 47.5 Å². The van der Waals surface area contributed by atoms with E-state index >= 15 is 0 Å². The molecular formula is C24H29NOSiTi. The molecule has 3 aromatic carbocycles. The summed E-state index contributed by atoms with van der Waals surface area (Å²) in [5, 5.41) is 2.66. The predicted octanol–water partition coefficient (Wildman–Crippen LogP) is 7.09. The maximum atomic E-state index is 10.3. The number of hydrogen-bond donors (Lipinski definition) is 0. The first kappa shape index (κ1) is 33.5. The Morgan fingerprint density at radius 3 is 1.93 bits per heavy atom. The Labute approximate surface area is 190 Å². The third kappa shape index (κ3) is 13.2. The summed E-state index contributed by atoms with van der Waals surface area (Å²) in [5.74, 6) is -0.629. The van der Waals surface area contributed by atoms with Gasteiger partial charge in [-0.1, -0.05) is 60.7 Å². The predicted molar refractivity (Wildman–Crippen MR) is 123 cm³/mol. The van der Waals surface area contributed by atoms with Crippen molar-refractivity contribution in [3.05, 3.63) is 123 Å². The molecule has 3 rings (SSSR count). The molecule has 0 saturated carbocycles. The summed E-state index contributed by atoms with van der Waals surface area (Å²) >= 11 is 0. The monoisotopic (exact) mass is 423 g/mol. The smallest absolute Gasteiger partial charge is 0.664 e. The second kappa shape index (κ2) is 19.7. The number of fused-ring (bicyclic) bond motifs is 1. The van der Waals surface area contributed by atoms with E-state index in [9.17, 15) is 4.79 Å². The number of amides is 1. The van der Waals surface area contributed by atoms with Gasteiger partial charge >= 0.3 is 21.7 Å².